The van der Waals surface area contributed by atoms with E-state index in [2.05, 4.69) is 10.1 Å². The lowest BCUT2D eigenvalue weighted by Gasteiger charge is -2.20. The average molecular weight is 358 g/mol. The molecule has 0 aromatic heterocycles. The lowest BCUT2D eigenvalue weighted by atomic mass is 10.0. The van der Waals surface area contributed by atoms with E-state index in [1.54, 1.807) is 13.8 Å². The number of nitrogens with two attached hydrogens (primary N) is 1. The first-order chi connectivity index (χ1) is 11.1. The molecule has 0 fully saturated rings. The maximum Gasteiger partial charge on any atom is 0.329 e. The highest BCUT2D eigenvalue weighted by Gasteiger charge is 2.27. The zero-order valence-electron chi connectivity index (χ0n) is 12.9. The Balaban J connectivity index is 2.93. The van der Waals surface area contributed by atoms with Gasteiger partial charge in [0.1, 0.15) is 11.1 Å². The molecule has 24 heavy (non-hydrogen) atoms. The number of nitro benzene ring substituents is 1. The Morgan fingerprint density at radius 2 is 2.00 bits per heavy atom. The van der Waals surface area contributed by atoms with Crippen LogP contribution < -0.4 is 11.1 Å². The number of benzene rings is 1. The van der Waals surface area contributed by atoms with E-state index < -0.39 is 41.0 Å². The second kappa shape index (κ2) is 8.25. The molecule has 2 amide bonds. The molecule has 1 aromatic carbocycles. The van der Waals surface area contributed by atoms with Crippen LogP contribution in [0.3, 0.4) is 0 Å². The van der Waals surface area contributed by atoms with Crippen molar-refractivity contribution in [3.63, 3.8) is 0 Å². The van der Waals surface area contributed by atoms with Crippen LogP contribution in [-0.2, 0) is 14.3 Å². The van der Waals surface area contributed by atoms with Gasteiger partial charge in [-0.1, -0.05) is 25.4 Å². The Hall–Kier alpha value is -2.68. The normalized spacial score (nSPS) is 11.7. The third-order valence-corrected chi connectivity index (χ3v) is 3.29. The number of carbonyl (C=O) groups is 3. The summed E-state index contributed by atoms with van der Waals surface area (Å²) in [6, 6.07) is 2.46. The molecule has 0 saturated heterocycles. The molecule has 0 unspecified atom stereocenters. The van der Waals surface area contributed by atoms with Crippen molar-refractivity contribution in [3.05, 3.63) is 38.9 Å². The van der Waals surface area contributed by atoms with Crippen LogP contribution in [0.15, 0.2) is 18.2 Å². The van der Waals surface area contributed by atoms with Gasteiger partial charge < -0.3 is 15.8 Å². The van der Waals surface area contributed by atoms with Crippen LogP contribution in [0.1, 0.15) is 24.2 Å². The molecule has 9 nitrogen and oxygen atoms in total. The van der Waals surface area contributed by atoms with Crippen LogP contribution in [0.25, 0.3) is 0 Å². The van der Waals surface area contributed by atoms with Gasteiger partial charge in [0.2, 0.25) is 0 Å². The maximum atomic E-state index is 12.2. The van der Waals surface area contributed by atoms with Crippen molar-refractivity contribution in [2.45, 2.75) is 19.9 Å². The molecule has 0 radical (unpaired) electrons. The third-order valence-electron chi connectivity index (χ3n) is 2.97. The number of halogens is 1. The van der Waals surface area contributed by atoms with Gasteiger partial charge in [-0.3, -0.25) is 19.7 Å². The number of ether oxygens (including phenoxy) is 1. The molecule has 0 aliphatic carbocycles. The smallest absolute Gasteiger partial charge is 0.329 e. The molecule has 0 heterocycles. The fraction of sp³-hybridized carbons (Fsp3) is 0.357. The molecule has 0 bridgehead atoms. The summed E-state index contributed by atoms with van der Waals surface area (Å²) in [4.78, 5) is 44.9. The zero-order chi connectivity index (χ0) is 18.4. The van der Waals surface area contributed by atoms with Gasteiger partial charge in [-0.2, -0.15) is 0 Å². The van der Waals surface area contributed by atoms with Crippen molar-refractivity contribution < 1.29 is 24.0 Å². The minimum atomic E-state index is -1.05. The van der Waals surface area contributed by atoms with Crippen molar-refractivity contribution in [2.75, 3.05) is 6.61 Å². The zero-order valence-corrected chi connectivity index (χ0v) is 13.7. The van der Waals surface area contributed by atoms with E-state index in [0.29, 0.717) is 0 Å². The Morgan fingerprint density at radius 3 is 2.50 bits per heavy atom. The van der Waals surface area contributed by atoms with Crippen LogP contribution in [0, 0.1) is 16.0 Å². The quantitative estimate of drug-likeness (QED) is 0.424. The number of nitrogens with zero attached hydrogens (tertiary/aromatic N) is 1. The van der Waals surface area contributed by atoms with Crippen LogP contribution in [-0.4, -0.2) is 35.4 Å². The highest BCUT2D eigenvalue weighted by molar-refractivity contribution is 6.32. The molecule has 0 saturated carbocycles. The molecular weight excluding hydrogens is 342 g/mol. The van der Waals surface area contributed by atoms with Gasteiger partial charge in [-0.15, -0.1) is 0 Å². The van der Waals surface area contributed by atoms with Crippen molar-refractivity contribution >= 4 is 35.1 Å². The summed E-state index contributed by atoms with van der Waals surface area (Å²) in [5.74, 6) is -2.73. The van der Waals surface area contributed by atoms with Gasteiger partial charge in [-0.05, 0) is 18.1 Å². The number of esters is 1. The number of hydrogen-bond donors (Lipinski definition) is 2. The van der Waals surface area contributed by atoms with Gasteiger partial charge in [0.15, 0.2) is 6.61 Å². The van der Waals surface area contributed by atoms with Gasteiger partial charge in [0, 0.05) is 11.6 Å². The first kappa shape index (κ1) is 19.4. The molecule has 3 N–H and O–H groups in total. The molecule has 1 atom stereocenters. The summed E-state index contributed by atoms with van der Waals surface area (Å²) >= 11 is 5.68. The summed E-state index contributed by atoms with van der Waals surface area (Å²) < 4.78 is 4.69. The SMILES string of the molecule is CC(C)[C@H](NC(=O)c1ccc(Cl)c([N+](=O)[O-])c1)C(=O)OCC(N)=O. The van der Waals surface area contributed by atoms with Crippen molar-refractivity contribution in [2.24, 2.45) is 11.7 Å². The molecule has 0 aliphatic heterocycles. The first-order valence-corrected chi connectivity index (χ1v) is 7.21. The predicted molar refractivity (Wildman–Crippen MR) is 84.4 cm³/mol. The summed E-state index contributed by atoms with van der Waals surface area (Å²) in [6.07, 6.45) is 0. The molecule has 0 aliphatic rings. The number of nitro groups is 1. The highest BCUT2D eigenvalue weighted by atomic mass is 35.5. The average Bonchev–Trinajstić information content (AvgIpc) is 2.49. The van der Waals surface area contributed by atoms with E-state index in [1.807, 2.05) is 0 Å². The Labute approximate surface area is 142 Å². The fourth-order valence-corrected chi connectivity index (χ4v) is 1.93. The minimum Gasteiger partial charge on any atom is -0.454 e. The first-order valence-electron chi connectivity index (χ1n) is 6.83. The second-order valence-corrected chi connectivity index (χ2v) is 5.60. The van der Waals surface area contributed by atoms with Crippen LogP contribution in [0.4, 0.5) is 5.69 Å². The number of rotatable bonds is 7. The number of hydrogen-bond acceptors (Lipinski definition) is 6. The number of nitrogens with one attached hydrogen (secondary N) is 1. The lowest BCUT2D eigenvalue weighted by molar-refractivity contribution is -0.384. The standard InChI is InChI=1S/C14H16ClN3O6/c1-7(2)12(14(21)24-6-11(16)19)17-13(20)8-3-4-9(15)10(5-8)18(22)23/h3-5,7,12H,6H2,1-2H3,(H2,16,19)(H,17,20)/t12-/m0/s1. The molecule has 1 rings (SSSR count). The maximum absolute atomic E-state index is 12.2. The molecule has 130 valence electrons. The summed E-state index contributed by atoms with van der Waals surface area (Å²) in [7, 11) is 0. The van der Waals surface area contributed by atoms with Gasteiger partial charge in [-0.25, -0.2) is 4.79 Å². The molecular formula is C14H16ClN3O6. The van der Waals surface area contributed by atoms with E-state index in [0.717, 1.165) is 6.07 Å². The lowest BCUT2D eigenvalue weighted by Crippen LogP contribution is -2.46. The Morgan fingerprint density at radius 1 is 1.38 bits per heavy atom. The van der Waals surface area contributed by atoms with Crippen molar-refractivity contribution in [1.82, 2.24) is 5.32 Å². The van der Waals surface area contributed by atoms with E-state index >= 15 is 0 Å². The van der Waals surface area contributed by atoms with Gasteiger partial charge >= 0.3 is 5.97 Å². The van der Waals surface area contributed by atoms with Crippen molar-refractivity contribution in [3.8, 4) is 0 Å². The molecule has 1 aromatic rings. The third kappa shape index (κ3) is 5.20. The summed E-state index contributed by atoms with van der Waals surface area (Å²) in [5.41, 5.74) is 4.42. The highest BCUT2D eigenvalue weighted by Crippen LogP contribution is 2.25. The summed E-state index contributed by atoms with van der Waals surface area (Å²) in [5, 5.41) is 13.2. The van der Waals surface area contributed by atoms with E-state index in [4.69, 9.17) is 17.3 Å². The molecule has 10 heteroatoms. The number of carbonyl (C=O) groups excluding carboxylic acids is 3. The Bertz CT molecular complexity index is 676. The molecule has 0 spiro atoms. The summed E-state index contributed by atoms with van der Waals surface area (Å²) in [6.45, 7) is 2.70. The second-order valence-electron chi connectivity index (χ2n) is 5.19. The Kier molecular flexibility index (Phi) is 6.66. The van der Waals surface area contributed by atoms with Gasteiger partial charge in [0.25, 0.3) is 17.5 Å². The monoisotopic (exact) mass is 357 g/mol. The fourth-order valence-electron chi connectivity index (χ4n) is 1.75. The van der Waals surface area contributed by atoms with Crippen LogP contribution in [0.5, 0.6) is 0 Å². The minimum absolute atomic E-state index is 0.0422. The van der Waals surface area contributed by atoms with Gasteiger partial charge in [0.05, 0.1) is 4.92 Å². The number of primary amides is 1. The van der Waals surface area contributed by atoms with E-state index in [9.17, 15) is 24.5 Å². The topological polar surface area (TPSA) is 142 Å². The largest absolute Gasteiger partial charge is 0.454 e. The predicted octanol–water partition coefficient (Wildman–Crippen LogP) is 1.03. The van der Waals surface area contributed by atoms with E-state index in [1.165, 1.54) is 12.1 Å². The van der Waals surface area contributed by atoms with E-state index in [-0.39, 0.29) is 16.5 Å². The number of amides is 2. The van der Waals surface area contributed by atoms with Crippen LogP contribution in [0.2, 0.25) is 5.02 Å². The van der Waals surface area contributed by atoms with Crippen molar-refractivity contribution in [1.29, 1.82) is 0 Å². The van der Waals surface area contributed by atoms with Crippen LogP contribution >= 0.6 is 11.6 Å².